The molecule has 5 heteroatoms. The zero-order valence-corrected chi connectivity index (χ0v) is 11.9. The number of hydrogen-bond acceptors (Lipinski definition) is 4. The smallest absolute Gasteiger partial charge is 0.0960 e. The Kier molecular flexibility index (Phi) is 3.66. The maximum absolute atomic E-state index is 9.46. The Balaban J connectivity index is 1.68. The van der Waals surface area contributed by atoms with Gasteiger partial charge >= 0.3 is 0 Å². The van der Waals surface area contributed by atoms with E-state index in [1.165, 1.54) is 30.7 Å². The molecule has 1 saturated carbocycles. The van der Waals surface area contributed by atoms with Crippen LogP contribution in [-0.4, -0.2) is 19.9 Å². The summed E-state index contributed by atoms with van der Waals surface area (Å²) >= 11 is 1.78. The van der Waals surface area contributed by atoms with Gasteiger partial charge in [-0.05, 0) is 25.8 Å². The Morgan fingerprint density at radius 1 is 1.47 bits per heavy atom. The van der Waals surface area contributed by atoms with Gasteiger partial charge in [-0.15, -0.1) is 11.3 Å². The molecular weight excluding hydrogens is 258 g/mol. The third kappa shape index (κ3) is 2.87. The van der Waals surface area contributed by atoms with Gasteiger partial charge in [0.2, 0.25) is 0 Å². The lowest BCUT2D eigenvalue weighted by Gasteiger charge is -2.03. The van der Waals surface area contributed by atoms with Crippen LogP contribution in [0.25, 0.3) is 0 Å². The predicted octanol–water partition coefficient (Wildman–Crippen LogP) is 3.10. The first-order valence-electron chi connectivity index (χ1n) is 6.88. The first-order chi connectivity index (χ1) is 9.22. The molecule has 0 saturated heterocycles. The topological polar surface area (TPSA) is 50.9 Å². The van der Waals surface area contributed by atoms with E-state index in [4.69, 9.17) is 4.98 Å². The van der Waals surface area contributed by atoms with Crippen LogP contribution in [0.1, 0.15) is 61.0 Å². The minimum absolute atomic E-state index is 0.509. The van der Waals surface area contributed by atoms with E-state index in [9.17, 15) is 5.11 Å². The molecule has 0 unspecified atom stereocenters. The molecule has 1 N–H and O–H groups in total. The van der Waals surface area contributed by atoms with Crippen LogP contribution in [0, 0.1) is 0 Å². The fourth-order valence-electron chi connectivity index (χ4n) is 2.61. The summed E-state index contributed by atoms with van der Waals surface area (Å²) in [6.45, 7) is 2.42. The number of nitrogens with zero attached hydrogens (tertiary/aromatic N) is 3. The van der Waals surface area contributed by atoms with Crippen molar-refractivity contribution in [3.63, 3.8) is 0 Å². The molecule has 1 atom stereocenters. The Hall–Kier alpha value is -1.20. The van der Waals surface area contributed by atoms with E-state index in [-0.39, 0.29) is 0 Å². The van der Waals surface area contributed by atoms with Crippen molar-refractivity contribution in [1.29, 1.82) is 0 Å². The molecule has 0 amide bonds. The van der Waals surface area contributed by atoms with Crippen molar-refractivity contribution in [1.82, 2.24) is 14.8 Å². The summed E-state index contributed by atoms with van der Waals surface area (Å²) in [4.78, 5) is 4.74. The maximum atomic E-state index is 9.46. The summed E-state index contributed by atoms with van der Waals surface area (Å²) in [6.07, 6.45) is 6.66. The van der Waals surface area contributed by atoms with Gasteiger partial charge in [0, 0.05) is 17.5 Å². The van der Waals surface area contributed by atoms with Gasteiger partial charge in [0.05, 0.1) is 29.0 Å². The molecule has 4 nitrogen and oxygen atoms in total. The number of thiazole rings is 1. The highest BCUT2D eigenvalue weighted by Gasteiger charge is 2.20. The van der Waals surface area contributed by atoms with Crippen LogP contribution < -0.4 is 0 Å². The highest BCUT2D eigenvalue weighted by molar-refractivity contribution is 7.09. The molecule has 1 aliphatic rings. The summed E-state index contributed by atoms with van der Waals surface area (Å²) in [5, 5.41) is 17.2. The van der Waals surface area contributed by atoms with E-state index in [1.807, 2.05) is 16.9 Å². The van der Waals surface area contributed by atoms with Gasteiger partial charge in [-0.3, -0.25) is 4.68 Å². The van der Waals surface area contributed by atoms with Crippen LogP contribution >= 0.6 is 11.3 Å². The van der Waals surface area contributed by atoms with Crippen LogP contribution in [-0.2, 0) is 6.54 Å². The summed E-state index contributed by atoms with van der Waals surface area (Å²) < 4.78 is 1.84. The monoisotopic (exact) mass is 277 g/mol. The molecule has 102 valence electrons. The van der Waals surface area contributed by atoms with Gasteiger partial charge in [-0.2, -0.15) is 5.10 Å². The Labute approximate surface area is 117 Å². The third-order valence-electron chi connectivity index (χ3n) is 3.69. The van der Waals surface area contributed by atoms with Crippen molar-refractivity contribution in [3.05, 3.63) is 34.0 Å². The molecule has 0 radical (unpaired) electrons. The lowest BCUT2D eigenvalue weighted by molar-refractivity contribution is 0.193. The molecule has 1 fully saturated rings. The van der Waals surface area contributed by atoms with E-state index in [1.54, 1.807) is 18.3 Å². The molecule has 0 aliphatic heterocycles. The van der Waals surface area contributed by atoms with Crippen molar-refractivity contribution in [3.8, 4) is 0 Å². The zero-order valence-electron chi connectivity index (χ0n) is 11.1. The highest BCUT2D eigenvalue weighted by Crippen LogP contribution is 2.35. The number of rotatable bonds is 4. The molecular formula is C14H19N3OS. The quantitative estimate of drug-likeness (QED) is 0.934. The lowest BCUT2D eigenvalue weighted by atomic mass is 10.1. The SMILES string of the molecule is C[C@@H](O)c1ccn(Cc2csc(C3CCCC3)n2)n1. The van der Waals surface area contributed by atoms with Crippen LogP contribution in [0.5, 0.6) is 0 Å². The van der Waals surface area contributed by atoms with Crippen LogP contribution in [0.15, 0.2) is 17.6 Å². The molecule has 0 bridgehead atoms. The number of hydrogen-bond donors (Lipinski definition) is 1. The van der Waals surface area contributed by atoms with E-state index in [0.29, 0.717) is 18.2 Å². The molecule has 2 heterocycles. The summed E-state index contributed by atoms with van der Waals surface area (Å²) in [6, 6.07) is 1.86. The van der Waals surface area contributed by atoms with Gasteiger partial charge in [-0.25, -0.2) is 4.98 Å². The van der Waals surface area contributed by atoms with E-state index < -0.39 is 6.10 Å². The second-order valence-electron chi connectivity index (χ2n) is 5.27. The van der Waals surface area contributed by atoms with Crippen molar-refractivity contribution < 1.29 is 5.11 Å². The number of aliphatic hydroxyl groups excluding tert-OH is 1. The van der Waals surface area contributed by atoms with E-state index >= 15 is 0 Å². The standard InChI is InChI=1S/C14H19N3OS/c1-10(18)13-6-7-17(16-13)8-12-9-19-14(15-12)11-4-2-3-5-11/h6-7,9-11,18H,2-5,8H2,1H3/t10-/m1/s1. The highest BCUT2D eigenvalue weighted by atomic mass is 32.1. The molecule has 3 rings (SSSR count). The van der Waals surface area contributed by atoms with Gasteiger partial charge in [0.25, 0.3) is 0 Å². The lowest BCUT2D eigenvalue weighted by Crippen LogP contribution is -2.03. The minimum atomic E-state index is -0.509. The maximum Gasteiger partial charge on any atom is 0.0960 e. The van der Waals surface area contributed by atoms with Gasteiger partial charge in [0.15, 0.2) is 0 Å². The predicted molar refractivity (Wildman–Crippen MR) is 75.3 cm³/mol. The fraction of sp³-hybridized carbons (Fsp3) is 0.571. The largest absolute Gasteiger partial charge is 0.387 e. The van der Waals surface area contributed by atoms with E-state index in [2.05, 4.69) is 10.5 Å². The molecule has 19 heavy (non-hydrogen) atoms. The number of aliphatic hydroxyl groups is 1. The zero-order chi connectivity index (χ0) is 13.2. The first kappa shape index (κ1) is 12.8. The molecule has 2 aromatic rings. The van der Waals surface area contributed by atoms with Gasteiger partial charge in [-0.1, -0.05) is 12.8 Å². The first-order valence-corrected chi connectivity index (χ1v) is 7.76. The molecule has 1 aliphatic carbocycles. The van der Waals surface area contributed by atoms with Crippen molar-refractivity contribution in [2.75, 3.05) is 0 Å². The van der Waals surface area contributed by atoms with Gasteiger partial charge < -0.3 is 5.11 Å². The number of aromatic nitrogens is 3. The summed E-state index contributed by atoms with van der Waals surface area (Å²) in [5.74, 6) is 0.685. The van der Waals surface area contributed by atoms with Crippen molar-refractivity contribution >= 4 is 11.3 Å². The van der Waals surface area contributed by atoms with Crippen LogP contribution in [0.4, 0.5) is 0 Å². The van der Waals surface area contributed by atoms with Crippen molar-refractivity contribution in [2.45, 2.75) is 51.2 Å². The Morgan fingerprint density at radius 3 is 2.95 bits per heavy atom. The second-order valence-corrected chi connectivity index (χ2v) is 6.16. The normalized spacial score (nSPS) is 18.0. The molecule has 2 aromatic heterocycles. The molecule has 0 aromatic carbocycles. The van der Waals surface area contributed by atoms with Crippen molar-refractivity contribution in [2.24, 2.45) is 0 Å². The van der Waals surface area contributed by atoms with Gasteiger partial charge in [0.1, 0.15) is 0 Å². The molecule has 0 spiro atoms. The average molecular weight is 277 g/mol. The Bertz CT molecular complexity index is 540. The van der Waals surface area contributed by atoms with E-state index in [0.717, 1.165) is 5.69 Å². The summed E-state index contributed by atoms with van der Waals surface area (Å²) in [5.41, 5.74) is 1.79. The minimum Gasteiger partial charge on any atom is -0.387 e. The average Bonchev–Trinajstić information content (AvgIpc) is 3.09. The van der Waals surface area contributed by atoms with Crippen LogP contribution in [0.2, 0.25) is 0 Å². The fourth-order valence-corrected chi connectivity index (χ4v) is 3.59. The summed E-state index contributed by atoms with van der Waals surface area (Å²) in [7, 11) is 0. The van der Waals surface area contributed by atoms with Crippen LogP contribution in [0.3, 0.4) is 0 Å². The third-order valence-corrected chi connectivity index (χ3v) is 4.74. The Morgan fingerprint density at radius 2 is 2.26 bits per heavy atom. The second kappa shape index (κ2) is 5.43.